The van der Waals surface area contributed by atoms with Crippen LogP contribution >= 0.6 is 8.60 Å². The molecule has 4 heteroatoms. The van der Waals surface area contributed by atoms with Gasteiger partial charge in [-0.25, -0.2) is 0 Å². The highest BCUT2D eigenvalue weighted by Gasteiger charge is 2.24. The van der Waals surface area contributed by atoms with E-state index in [1.54, 1.807) is 0 Å². The minimum Gasteiger partial charge on any atom is -0.408 e. The SMILES string of the molecule is CCCCCCCCCc1ccccc1OP(Oc1ccccc1CCCCCCCC)Oc1ccccc1CCCCCCCCC. The molecule has 266 valence electrons. The first-order valence-electron chi connectivity index (χ1n) is 19.8. The summed E-state index contributed by atoms with van der Waals surface area (Å²) < 4.78 is 20.2. The molecule has 0 radical (unpaired) electrons. The molecule has 0 amide bonds. The van der Waals surface area contributed by atoms with Gasteiger partial charge in [0.15, 0.2) is 0 Å². The Kier molecular flexibility index (Phi) is 21.9. The first-order valence-corrected chi connectivity index (χ1v) is 20.9. The van der Waals surface area contributed by atoms with E-state index in [4.69, 9.17) is 13.6 Å². The summed E-state index contributed by atoms with van der Waals surface area (Å²) in [7, 11) is -1.72. The average molecular weight is 675 g/mol. The lowest BCUT2D eigenvalue weighted by molar-refractivity contribution is 0.382. The molecule has 0 fully saturated rings. The van der Waals surface area contributed by atoms with Gasteiger partial charge in [-0.15, -0.1) is 0 Å². The van der Waals surface area contributed by atoms with Gasteiger partial charge in [0, 0.05) is 0 Å². The van der Waals surface area contributed by atoms with E-state index in [0.717, 1.165) is 36.5 Å². The van der Waals surface area contributed by atoms with E-state index < -0.39 is 8.60 Å². The molecule has 0 unspecified atom stereocenters. The zero-order valence-corrected chi connectivity index (χ0v) is 31.8. The van der Waals surface area contributed by atoms with Gasteiger partial charge >= 0.3 is 8.60 Å². The summed E-state index contributed by atoms with van der Waals surface area (Å²) in [5.74, 6) is 2.64. The van der Waals surface area contributed by atoms with Crippen LogP contribution in [0.3, 0.4) is 0 Å². The summed E-state index contributed by atoms with van der Waals surface area (Å²) in [6.07, 6.45) is 28.9. The van der Waals surface area contributed by atoms with Crippen molar-refractivity contribution in [2.24, 2.45) is 0 Å². The molecule has 3 aromatic carbocycles. The van der Waals surface area contributed by atoms with Crippen molar-refractivity contribution < 1.29 is 13.6 Å². The van der Waals surface area contributed by atoms with Crippen LogP contribution in [0.2, 0.25) is 0 Å². The smallest absolute Gasteiger partial charge is 0.408 e. The van der Waals surface area contributed by atoms with E-state index in [2.05, 4.69) is 93.6 Å². The average Bonchev–Trinajstić information content (AvgIpc) is 3.11. The van der Waals surface area contributed by atoms with Crippen molar-refractivity contribution in [3.8, 4) is 17.2 Å². The molecule has 0 saturated carbocycles. The number of para-hydroxylation sites is 3. The molecule has 0 N–H and O–H groups in total. The Labute approximate surface area is 296 Å². The molecule has 0 saturated heterocycles. The second-order valence-electron chi connectivity index (χ2n) is 13.6. The van der Waals surface area contributed by atoms with Crippen molar-refractivity contribution >= 4 is 8.60 Å². The summed E-state index contributed by atoms with van der Waals surface area (Å²) in [5.41, 5.74) is 3.71. The zero-order valence-electron chi connectivity index (χ0n) is 30.9. The molecule has 0 bridgehead atoms. The quantitative estimate of drug-likeness (QED) is 0.0542. The van der Waals surface area contributed by atoms with Crippen molar-refractivity contribution in [1.82, 2.24) is 0 Å². The molecule has 48 heavy (non-hydrogen) atoms. The standard InChI is InChI=1S/C44H67O3P/c1-4-7-10-13-16-19-22-31-40-34-25-28-37-43(40)46-48(45-42-36-27-24-33-39(42)30-21-18-15-12-9-6-3)47-44-38-29-26-35-41(44)32-23-20-17-14-11-8-5-2/h24-29,33-38H,4-23,30-32H2,1-3H3. The predicted molar refractivity (Wildman–Crippen MR) is 209 cm³/mol. The van der Waals surface area contributed by atoms with Crippen LogP contribution in [-0.2, 0) is 19.3 Å². The molecule has 0 aliphatic carbocycles. The van der Waals surface area contributed by atoms with Crippen LogP contribution in [0.4, 0.5) is 0 Å². The fourth-order valence-electron chi connectivity index (χ4n) is 6.34. The largest absolute Gasteiger partial charge is 0.530 e. The lowest BCUT2D eigenvalue weighted by Crippen LogP contribution is -2.06. The minimum absolute atomic E-state index is 0.881. The van der Waals surface area contributed by atoms with Crippen molar-refractivity contribution in [3.05, 3.63) is 89.5 Å². The molecular formula is C44H67O3P. The second-order valence-corrected chi connectivity index (χ2v) is 14.6. The zero-order chi connectivity index (χ0) is 33.9. The van der Waals surface area contributed by atoms with Crippen LogP contribution in [-0.4, -0.2) is 0 Å². The Bertz CT molecular complexity index is 1150. The van der Waals surface area contributed by atoms with Crippen LogP contribution in [0.1, 0.15) is 166 Å². The highest BCUT2D eigenvalue weighted by atomic mass is 31.2. The third-order valence-corrected chi connectivity index (χ3v) is 10.4. The molecule has 3 aromatic rings. The number of rotatable bonds is 29. The molecule has 3 rings (SSSR count). The van der Waals surface area contributed by atoms with Crippen molar-refractivity contribution in [3.63, 3.8) is 0 Å². The highest BCUT2D eigenvalue weighted by Crippen LogP contribution is 2.45. The lowest BCUT2D eigenvalue weighted by atomic mass is 10.0. The summed E-state index contributed by atoms with van der Waals surface area (Å²) in [5, 5.41) is 0. The molecular weight excluding hydrogens is 607 g/mol. The Balaban J connectivity index is 1.72. The molecule has 3 nitrogen and oxygen atoms in total. The van der Waals surface area contributed by atoms with E-state index in [1.807, 2.05) is 0 Å². The van der Waals surface area contributed by atoms with Crippen molar-refractivity contribution in [2.45, 2.75) is 168 Å². The van der Waals surface area contributed by atoms with Gasteiger partial charge < -0.3 is 13.6 Å². The maximum atomic E-state index is 6.74. The van der Waals surface area contributed by atoms with Crippen LogP contribution in [0, 0.1) is 0 Å². The number of hydrogen-bond donors (Lipinski definition) is 0. The number of aryl methyl sites for hydroxylation is 3. The Morgan fingerprint density at radius 2 is 0.583 bits per heavy atom. The van der Waals surface area contributed by atoms with Gasteiger partial charge in [0.25, 0.3) is 0 Å². The van der Waals surface area contributed by atoms with Crippen molar-refractivity contribution in [1.29, 1.82) is 0 Å². The first-order chi connectivity index (χ1) is 23.7. The fraction of sp³-hybridized carbons (Fsp3) is 0.591. The van der Waals surface area contributed by atoms with Gasteiger partial charge in [-0.2, -0.15) is 0 Å². The normalized spacial score (nSPS) is 11.2. The first kappa shape index (κ1) is 39.9. The third kappa shape index (κ3) is 16.7. The van der Waals surface area contributed by atoms with E-state index >= 15 is 0 Å². The summed E-state index contributed by atoms with van der Waals surface area (Å²) in [4.78, 5) is 0. The summed E-state index contributed by atoms with van der Waals surface area (Å²) in [6.45, 7) is 6.84. The van der Waals surface area contributed by atoms with Gasteiger partial charge in [-0.1, -0.05) is 185 Å². The maximum absolute atomic E-state index is 6.74. The monoisotopic (exact) mass is 674 g/mol. The molecule has 0 aromatic heterocycles. The van der Waals surface area contributed by atoms with Gasteiger partial charge in [-0.05, 0) is 73.4 Å². The van der Waals surface area contributed by atoms with Crippen LogP contribution in [0.25, 0.3) is 0 Å². The van der Waals surface area contributed by atoms with Crippen LogP contribution in [0.15, 0.2) is 72.8 Å². The minimum atomic E-state index is -1.72. The fourth-order valence-corrected chi connectivity index (χ4v) is 7.46. The Hall–Kier alpha value is -2.51. The van der Waals surface area contributed by atoms with Gasteiger partial charge in [0.2, 0.25) is 0 Å². The van der Waals surface area contributed by atoms with E-state index in [1.165, 1.54) is 145 Å². The van der Waals surface area contributed by atoms with Crippen LogP contribution in [0.5, 0.6) is 17.2 Å². The van der Waals surface area contributed by atoms with Gasteiger partial charge in [0.1, 0.15) is 17.2 Å². The van der Waals surface area contributed by atoms with Crippen molar-refractivity contribution in [2.75, 3.05) is 0 Å². The lowest BCUT2D eigenvalue weighted by Gasteiger charge is -2.22. The second kappa shape index (κ2) is 26.4. The molecule has 0 aliphatic heterocycles. The van der Waals surface area contributed by atoms with Gasteiger partial charge in [0.05, 0.1) is 0 Å². The maximum Gasteiger partial charge on any atom is 0.530 e. The number of unbranched alkanes of at least 4 members (excludes halogenated alkanes) is 17. The molecule has 0 heterocycles. The Morgan fingerprint density at radius 1 is 0.333 bits per heavy atom. The predicted octanol–water partition coefficient (Wildman–Crippen LogP) is 14.9. The highest BCUT2D eigenvalue weighted by molar-refractivity contribution is 7.43. The molecule has 0 spiro atoms. The van der Waals surface area contributed by atoms with E-state index in [0.29, 0.717) is 0 Å². The van der Waals surface area contributed by atoms with Gasteiger partial charge in [-0.3, -0.25) is 0 Å². The van der Waals surface area contributed by atoms with E-state index in [9.17, 15) is 0 Å². The molecule has 0 aliphatic rings. The topological polar surface area (TPSA) is 27.7 Å². The summed E-state index contributed by atoms with van der Waals surface area (Å²) >= 11 is 0. The third-order valence-electron chi connectivity index (χ3n) is 9.34. The number of benzene rings is 3. The van der Waals surface area contributed by atoms with E-state index in [-0.39, 0.29) is 0 Å². The van der Waals surface area contributed by atoms with Crippen LogP contribution < -0.4 is 13.6 Å². The number of hydrogen-bond acceptors (Lipinski definition) is 3. The Morgan fingerprint density at radius 3 is 0.875 bits per heavy atom. The summed E-state index contributed by atoms with van der Waals surface area (Å²) in [6, 6.07) is 25.5. The molecule has 0 atom stereocenters.